The Morgan fingerprint density at radius 1 is 1.30 bits per heavy atom. The number of ether oxygens (including phenoxy) is 1. The highest BCUT2D eigenvalue weighted by molar-refractivity contribution is 5.89. The van der Waals surface area contributed by atoms with Crippen LogP contribution in [-0.2, 0) is 14.3 Å². The van der Waals surface area contributed by atoms with Crippen LogP contribution < -0.4 is 0 Å². The number of carbonyl (C=O) groups excluding carboxylic acids is 2. The molecule has 3 fully saturated rings. The zero-order chi connectivity index (χ0) is 19.0. The van der Waals surface area contributed by atoms with Crippen LogP contribution in [0.4, 0.5) is 0 Å². The molecular formula is C21H24N2O4. The number of aliphatic hydroxyl groups excluding tert-OH is 1. The first kappa shape index (κ1) is 18.0. The monoisotopic (exact) mass is 368 g/mol. The third-order valence-electron chi connectivity index (χ3n) is 5.74. The molecule has 1 aliphatic carbocycles. The van der Waals surface area contributed by atoms with Crippen molar-refractivity contribution < 1.29 is 19.4 Å². The molecule has 142 valence electrons. The Morgan fingerprint density at radius 3 is 2.67 bits per heavy atom. The van der Waals surface area contributed by atoms with E-state index in [1.165, 1.54) is 0 Å². The van der Waals surface area contributed by atoms with Gasteiger partial charge in [0.15, 0.2) is 0 Å². The highest BCUT2D eigenvalue weighted by atomic mass is 16.5. The molecule has 3 atom stereocenters. The fourth-order valence-electron chi connectivity index (χ4n) is 4.25. The predicted octanol–water partition coefficient (Wildman–Crippen LogP) is 0.592. The van der Waals surface area contributed by atoms with Gasteiger partial charge in [-0.1, -0.05) is 24.0 Å². The molecule has 0 bridgehead atoms. The number of rotatable bonds is 4. The topological polar surface area (TPSA) is 70.1 Å². The average molecular weight is 368 g/mol. The Balaban J connectivity index is 1.52. The number of carbonyl (C=O) groups is 2. The maximum Gasteiger partial charge on any atom is 0.242 e. The molecule has 1 aromatic carbocycles. The highest BCUT2D eigenvalue weighted by Gasteiger charge is 2.55. The number of benzene rings is 1. The number of hydrogen-bond acceptors (Lipinski definition) is 4. The van der Waals surface area contributed by atoms with Gasteiger partial charge in [0.05, 0.1) is 25.2 Å². The molecule has 1 aromatic rings. The van der Waals surface area contributed by atoms with Crippen LogP contribution in [0.5, 0.6) is 0 Å². The molecule has 2 aliphatic heterocycles. The summed E-state index contributed by atoms with van der Waals surface area (Å²) in [7, 11) is 1.61. The lowest BCUT2D eigenvalue weighted by Gasteiger charge is -2.58. The maximum atomic E-state index is 12.6. The van der Waals surface area contributed by atoms with Crippen molar-refractivity contribution in [2.75, 3.05) is 33.4 Å². The molecule has 2 heterocycles. The van der Waals surface area contributed by atoms with E-state index in [2.05, 4.69) is 11.8 Å². The van der Waals surface area contributed by atoms with E-state index >= 15 is 0 Å². The molecule has 27 heavy (non-hydrogen) atoms. The van der Waals surface area contributed by atoms with Gasteiger partial charge in [0.2, 0.25) is 11.8 Å². The summed E-state index contributed by atoms with van der Waals surface area (Å²) in [6, 6.07) is 7.64. The molecule has 1 saturated carbocycles. The molecule has 2 amide bonds. The zero-order valence-corrected chi connectivity index (χ0v) is 15.4. The van der Waals surface area contributed by atoms with Crippen LogP contribution in [0, 0.1) is 17.8 Å². The number of piperazine rings is 1. The first-order valence-corrected chi connectivity index (χ1v) is 9.42. The number of fused-ring (bicyclic) bond motifs is 1. The van der Waals surface area contributed by atoms with Crippen molar-refractivity contribution in [3.63, 3.8) is 0 Å². The highest BCUT2D eigenvalue weighted by Crippen LogP contribution is 2.43. The van der Waals surface area contributed by atoms with Gasteiger partial charge in [-0.05, 0) is 30.5 Å². The summed E-state index contributed by atoms with van der Waals surface area (Å²) in [5.74, 6) is 6.16. The van der Waals surface area contributed by atoms with Crippen LogP contribution >= 0.6 is 0 Å². The molecular weight excluding hydrogens is 344 g/mol. The smallest absolute Gasteiger partial charge is 0.242 e. The van der Waals surface area contributed by atoms with Crippen molar-refractivity contribution >= 4 is 11.8 Å². The predicted molar refractivity (Wildman–Crippen MR) is 98.7 cm³/mol. The maximum absolute atomic E-state index is 12.6. The second kappa shape index (κ2) is 7.34. The quantitative estimate of drug-likeness (QED) is 0.790. The molecule has 1 N–H and O–H groups in total. The van der Waals surface area contributed by atoms with Crippen LogP contribution in [0.15, 0.2) is 24.3 Å². The van der Waals surface area contributed by atoms with Crippen LogP contribution in [0.25, 0.3) is 0 Å². The van der Waals surface area contributed by atoms with Crippen molar-refractivity contribution in [2.24, 2.45) is 5.92 Å². The normalized spacial score (nSPS) is 26.7. The number of nitrogens with zero attached hydrogens (tertiary/aromatic N) is 2. The van der Waals surface area contributed by atoms with Crippen molar-refractivity contribution in [2.45, 2.75) is 30.8 Å². The molecule has 2 saturated heterocycles. The van der Waals surface area contributed by atoms with Gasteiger partial charge in [-0.3, -0.25) is 9.59 Å². The summed E-state index contributed by atoms with van der Waals surface area (Å²) in [5.41, 5.74) is 1.97. The Bertz CT molecular complexity index is 791. The van der Waals surface area contributed by atoms with Gasteiger partial charge in [0.1, 0.15) is 6.61 Å². The SMILES string of the molecule is COCC#Cc1ccc([C@H]2[C@H]3CN(C(=O)C4CC4)CC(=O)N3[C@H]2CO)cc1. The van der Waals surface area contributed by atoms with Crippen molar-refractivity contribution in [3.8, 4) is 11.8 Å². The van der Waals surface area contributed by atoms with Crippen LogP contribution in [-0.4, -0.2) is 72.2 Å². The molecule has 3 aliphatic rings. The van der Waals surface area contributed by atoms with Gasteiger partial charge in [0, 0.05) is 31.1 Å². The van der Waals surface area contributed by atoms with Crippen LogP contribution in [0.2, 0.25) is 0 Å². The van der Waals surface area contributed by atoms with E-state index in [0.29, 0.717) is 13.2 Å². The molecule has 0 aromatic heterocycles. The first-order chi connectivity index (χ1) is 13.1. The summed E-state index contributed by atoms with van der Waals surface area (Å²) < 4.78 is 4.93. The minimum atomic E-state index is -0.217. The largest absolute Gasteiger partial charge is 0.394 e. The Labute approximate surface area is 159 Å². The standard InChI is InChI=1S/C21H24N2O4/c1-27-10-2-3-14-4-6-15(7-5-14)20-17-11-22(21(26)16-8-9-16)12-19(25)23(17)18(20)13-24/h4-7,16-18,20,24H,8-13H2,1H3/t17-,18+,20+/m1/s1. The molecule has 0 unspecified atom stereocenters. The second-order valence-corrected chi connectivity index (χ2v) is 7.49. The van der Waals surface area contributed by atoms with Crippen molar-refractivity contribution in [1.82, 2.24) is 9.80 Å². The van der Waals surface area contributed by atoms with E-state index in [1.54, 1.807) is 16.9 Å². The van der Waals surface area contributed by atoms with Gasteiger partial charge in [0.25, 0.3) is 0 Å². The number of hydrogen-bond donors (Lipinski definition) is 1. The molecule has 6 heteroatoms. The summed E-state index contributed by atoms with van der Waals surface area (Å²) >= 11 is 0. The minimum Gasteiger partial charge on any atom is -0.394 e. The van der Waals surface area contributed by atoms with E-state index in [4.69, 9.17) is 4.74 Å². The summed E-state index contributed by atoms with van der Waals surface area (Å²) in [6.45, 7) is 1.01. The van der Waals surface area contributed by atoms with Gasteiger partial charge in [-0.15, -0.1) is 0 Å². The Hall–Kier alpha value is -2.36. The zero-order valence-electron chi connectivity index (χ0n) is 15.4. The summed E-state index contributed by atoms with van der Waals surface area (Å²) in [6.07, 6.45) is 1.87. The fraction of sp³-hybridized carbons (Fsp3) is 0.524. The van der Waals surface area contributed by atoms with Gasteiger partial charge < -0.3 is 19.6 Å². The molecule has 4 rings (SSSR count). The Kier molecular flexibility index (Phi) is 4.90. The number of aliphatic hydroxyl groups is 1. The van der Waals surface area contributed by atoms with Crippen molar-refractivity contribution in [3.05, 3.63) is 35.4 Å². The van der Waals surface area contributed by atoms with Crippen molar-refractivity contribution in [1.29, 1.82) is 0 Å². The lowest BCUT2D eigenvalue weighted by molar-refractivity contribution is -0.167. The first-order valence-electron chi connectivity index (χ1n) is 9.42. The fourth-order valence-corrected chi connectivity index (χ4v) is 4.25. The summed E-state index contributed by atoms with van der Waals surface area (Å²) in [5, 5.41) is 9.83. The third kappa shape index (κ3) is 3.33. The van der Waals surface area contributed by atoms with E-state index < -0.39 is 0 Å². The second-order valence-electron chi connectivity index (χ2n) is 7.49. The van der Waals surface area contributed by atoms with Crippen LogP contribution in [0.1, 0.15) is 29.9 Å². The van der Waals surface area contributed by atoms with Crippen LogP contribution in [0.3, 0.4) is 0 Å². The molecule has 6 nitrogen and oxygen atoms in total. The minimum absolute atomic E-state index is 0.0368. The van der Waals surface area contributed by atoms with Gasteiger partial charge in [-0.2, -0.15) is 0 Å². The van der Waals surface area contributed by atoms with Gasteiger partial charge >= 0.3 is 0 Å². The van der Waals surface area contributed by atoms with E-state index in [9.17, 15) is 14.7 Å². The molecule has 0 spiro atoms. The number of methoxy groups -OCH3 is 1. The number of amides is 2. The average Bonchev–Trinajstić information content (AvgIpc) is 3.49. The molecule has 0 radical (unpaired) electrons. The lowest BCUT2D eigenvalue weighted by Crippen LogP contribution is -2.73. The Morgan fingerprint density at radius 2 is 2.04 bits per heavy atom. The van der Waals surface area contributed by atoms with Gasteiger partial charge in [-0.25, -0.2) is 0 Å². The van der Waals surface area contributed by atoms with E-state index in [-0.39, 0.29) is 48.9 Å². The summed E-state index contributed by atoms with van der Waals surface area (Å²) in [4.78, 5) is 28.5. The third-order valence-corrected chi connectivity index (χ3v) is 5.74. The lowest BCUT2D eigenvalue weighted by atomic mass is 9.73. The van der Waals surface area contributed by atoms with E-state index in [1.807, 2.05) is 24.3 Å². The van der Waals surface area contributed by atoms with E-state index in [0.717, 1.165) is 24.0 Å².